The quantitative estimate of drug-likeness (QED) is 0.144. The second-order valence-corrected chi connectivity index (χ2v) is 11.5. The molecule has 0 aliphatic rings. The van der Waals surface area contributed by atoms with Gasteiger partial charge in [0.25, 0.3) is 0 Å². The molecular weight excluding hydrogens is 553 g/mol. The minimum absolute atomic E-state index is 0.232. The summed E-state index contributed by atoms with van der Waals surface area (Å²) in [5, 5.41) is 0. The van der Waals surface area contributed by atoms with Crippen LogP contribution < -0.4 is 0 Å². The van der Waals surface area contributed by atoms with Crippen molar-refractivity contribution in [2.24, 2.45) is 0 Å². The van der Waals surface area contributed by atoms with Gasteiger partial charge in [0.1, 0.15) is 0 Å². The lowest BCUT2D eigenvalue weighted by Crippen LogP contribution is -2.10. The van der Waals surface area contributed by atoms with E-state index >= 15 is 0 Å². The van der Waals surface area contributed by atoms with Gasteiger partial charge in [-0.3, -0.25) is 9.59 Å². The van der Waals surface area contributed by atoms with Gasteiger partial charge in [-0.1, -0.05) is 36.4 Å². The van der Waals surface area contributed by atoms with Crippen LogP contribution in [-0.2, 0) is 9.47 Å². The largest absolute Gasteiger partial charge is 0.465 e. The number of ether oxygens (including phenoxy) is 2. The first kappa shape index (κ1) is 26.4. The van der Waals surface area contributed by atoms with Crippen molar-refractivity contribution in [2.75, 3.05) is 14.2 Å². The van der Waals surface area contributed by atoms with Crippen LogP contribution in [0.4, 0.5) is 0 Å². The molecule has 0 bridgehead atoms. The van der Waals surface area contributed by atoms with Gasteiger partial charge < -0.3 is 9.47 Å². The van der Waals surface area contributed by atoms with Gasteiger partial charge in [0.15, 0.2) is 0 Å². The minimum Gasteiger partial charge on any atom is -0.465 e. The predicted molar refractivity (Wildman–Crippen MR) is 153 cm³/mol. The van der Waals surface area contributed by atoms with E-state index in [9.17, 15) is 19.2 Å². The summed E-state index contributed by atoms with van der Waals surface area (Å²) >= 11 is 4.26. The van der Waals surface area contributed by atoms with E-state index in [1.54, 1.807) is 72.0 Å². The molecule has 2 aromatic carbocycles. The van der Waals surface area contributed by atoms with Crippen molar-refractivity contribution in [1.29, 1.82) is 0 Å². The Hall–Kier alpha value is -4.18. The fraction of sp³-hybridized carbons (Fsp3) is 0.0667. The number of hydrogen-bond donors (Lipinski definition) is 0. The summed E-state index contributed by atoms with van der Waals surface area (Å²) in [5.74, 6) is -1.59. The average Bonchev–Trinajstić information content (AvgIpc) is 3.76. The Bertz CT molecular complexity index is 1600. The van der Waals surface area contributed by atoms with Gasteiger partial charge in [-0.05, 0) is 48.5 Å². The van der Waals surface area contributed by atoms with Crippen LogP contribution in [0.25, 0.3) is 19.5 Å². The van der Waals surface area contributed by atoms with E-state index in [0.717, 1.165) is 19.5 Å². The highest BCUT2D eigenvalue weighted by Gasteiger charge is 2.22. The average molecular weight is 573 g/mol. The fourth-order valence-corrected chi connectivity index (χ4v) is 7.10. The Labute approximate surface area is 236 Å². The van der Waals surface area contributed by atoms with Crippen LogP contribution >= 0.6 is 34.0 Å². The zero-order valence-electron chi connectivity index (χ0n) is 20.8. The highest BCUT2D eigenvalue weighted by molar-refractivity contribution is 7.27. The van der Waals surface area contributed by atoms with Gasteiger partial charge in [-0.15, -0.1) is 34.0 Å². The molecule has 0 saturated carbocycles. The van der Waals surface area contributed by atoms with E-state index in [-0.39, 0.29) is 22.7 Å². The molecule has 6 nitrogen and oxygen atoms in total. The molecule has 194 valence electrons. The highest BCUT2D eigenvalue weighted by atomic mass is 32.1. The molecule has 0 saturated heterocycles. The van der Waals surface area contributed by atoms with E-state index in [0.29, 0.717) is 20.9 Å². The summed E-state index contributed by atoms with van der Waals surface area (Å²) in [5.41, 5.74) is 1.06. The zero-order valence-corrected chi connectivity index (χ0v) is 23.2. The maximum absolute atomic E-state index is 13.2. The molecule has 0 spiro atoms. The molecule has 5 rings (SSSR count). The first-order valence-electron chi connectivity index (χ1n) is 11.7. The third kappa shape index (κ3) is 5.24. The standard InChI is InChI=1S/C30H20O6S3/c1-35-29(33)19-9-5-3-7-17(19)27(31)25-15-13-23(38-25)21-11-12-22(37-21)24-14-16-26(39-24)28(32)18-8-4-6-10-20(18)30(34)36-2/h3-16H,1-2H3. The van der Waals surface area contributed by atoms with Crippen LogP contribution in [0.1, 0.15) is 51.2 Å². The maximum Gasteiger partial charge on any atom is 0.338 e. The molecule has 0 unspecified atom stereocenters. The topological polar surface area (TPSA) is 86.7 Å². The molecule has 9 heteroatoms. The number of methoxy groups -OCH3 is 2. The van der Waals surface area contributed by atoms with E-state index < -0.39 is 11.9 Å². The second kappa shape index (κ2) is 11.3. The van der Waals surface area contributed by atoms with E-state index in [1.165, 1.54) is 36.9 Å². The van der Waals surface area contributed by atoms with Crippen LogP contribution in [0.2, 0.25) is 0 Å². The normalized spacial score (nSPS) is 10.7. The number of benzene rings is 2. The van der Waals surface area contributed by atoms with Crippen molar-refractivity contribution >= 4 is 57.5 Å². The first-order valence-corrected chi connectivity index (χ1v) is 14.1. The van der Waals surface area contributed by atoms with Gasteiger partial charge >= 0.3 is 11.9 Å². The van der Waals surface area contributed by atoms with Crippen LogP contribution in [-0.4, -0.2) is 37.7 Å². The summed E-state index contributed by atoms with van der Waals surface area (Å²) in [6, 6.07) is 24.5. The van der Waals surface area contributed by atoms with Crippen molar-refractivity contribution in [1.82, 2.24) is 0 Å². The molecule has 0 radical (unpaired) electrons. The first-order chi connectivity index (χ1) is 18.9. The van der Waals surface area contributed by atoms with Gasteiger partial charge in [0.05, 0.1) is 35.1 Å². The highest BCUT2D eigenvalue weighted by Crippen LogP contribution is 2.40. The molecule has 39 heavy (non-hydrogen) atoms. The van der Waals surface area contributed by atoms with E-state index in [2.05, 4.69) is 0 Å². The Morgan fingerprint density at radius 2 is 0.795 bits per heavy atom. The third-order valence-electron chi connectivity index (χ3n) is 5.91. The second-order valence-electron chi connectivity index (χ2n) is 8.22. The van der Waals surface area contributed by atoms with Crippen molar-refractivity contribution < 1.29 is 28.7 Å². The molecule has 0 N–H and O–H groups in total. The van der Waals surface area contributed by atoms with Gasteiger partial charge in [0, 0.05) is 30.6 Å². The molecule has 3 aromatic heterocycles. The third-order valence-corrected chi connectivity index (χ3v) is 9.55. The summed E-state index contributed by atoms with van der Waals surface area (Å²) in [6.07, 6.45) is 0. The summed E-state index contributed by atoms with van der Waals surface area (Å²) < 4.78 is 9.64. The van der Waals surface area contributed by atoms with E-state index in [4.69, 9.17) is 9.47 Å². The number of rotatable bonds is 8. The SMILES string of the molecule is COC(=O)c1ccccc1C(=O)c1ccc(-c2ccc(-c3ccc(C(=O)c4ccccc4C(=O)OC)s3)s2)s1. The van der Waals surface area contributed by atoms with Gasteiger partial charge in [0.2, 0.25) is 11.6 Å². The number of hydrogen-bond acceptors (Lipinski definition) is 9. The lowest BCUT2D eigenvalue weighted by Gasteiger charge is -2.05. The van der Waals surface area contributed by atoms with Gasteiger partial charge in [-0.25, -0.2) is 9.59 Å². The minimum atomic E-state index is -0.554. The monoisotopic (exact) mass is 572 g/mol. The summed E-state index contributed by atoms with van der Waals surface area (Å²) in [7, 11) is 2.57. The molecule has 0 aliphatic heterocycles. The molecule has 0 fully saturated rings. The van der Waals surface area contributed by atoms with Crippen LogP contribution in [0, 0.1) is 0 Å². The Morgan fingerprint density at radius 3 is 1.18 bits per heavy atom. The Balaban J connectivity index is 1.37. The van der Waals surface area contributed by atoms with E-state index in [1.807, 2.05) is 24.3 Å². The van der Waals surface area contributed by atoms with Crippen molar-refractivity contribution in [3.63, 3.8) is 0 Å². The van der Waals surface area contributed by atoms with Crippen LogP contribution in [0.15, 0.2) is 84.9 Å². The number of ketones is 2. The lowest BCUT2D eigenvalue weighted by molar-refractivity contribution is 0.0590. The van der Waals surface area contributed by atoms with Crippen LogP contribution in [0.3, 0.4) is 0 Å². The Morgan fingerprint density at radius 1 is 0.462 bits per heavy atom. The summed E-state index contributed by atoms with van der Waals surface area (Å²) in [4.78, 5) is 55.4. The number of thiophene rings is 3. The molecule has 0 aliphatic carbocycles. The van der Waals surface area contributed by atoms with Crippen molar-refractivity contribution in [3.8, 4) is 19.5 Å². The van der Waals surface area contributed by atoms with Crippen molar-refractivity contribution in [2.45, 2.75) is 0 Å². The fourth-order valence-electron chi connectivity index (χ4n) is 3.99. The number of carbonyl (C=O) groups is 4. The lowest BCUT2D eigenvalue weighted by atomic mass is 10.0. The van der Waals surface area contributed by atoms with Crippen molar-refractivity contribution in [3.05, 3.63) is 117 Å². The maximum atomic E-state index is 13.2. The molecule has 3 heterocycles. The summed E-state index contributed by atoms with van der Waals surface area (Å²) in [6.45, 7) is 0. The molecule has 0 atom stereocenters. The predicted octanol–water partition coefficient (Wildman–Crippen LogP) is 7.24. The smallest absolute Gasteiger partial charge is 0.338 e. The number of carbonyl (C=O) groups excluding carboxylic acids is 4. The molecular formula is C30H20O6S3. The Kier molecular flexibility index (Phi) is 7.65. The molecule has 5 aromatic rings. The zero-order chi connectivity index (χ0) is 27.5. The van der Waals surface area contributed by atoms with Crippen LogP contribution in [0.5, 0.6) is 0 Å². The number of esters is 2. The molecule has 0 amide bonds. The van der Waals surface area contributed by atoms with Gasteiger partial charge in [-0.2, -0.15) is 0 Å².